The van der Waals surface area contributed by atoms with Crippen LogP contribution in [0.15, 0.2) is 12.2 Å². The van der Waals surface area contributed by atoms with Crippen molar-refractivity contribution in [3.8, 4) is 0 Å². The lowest BCUT2D eigenvalue weighted by Crippen LogP contribution is -2.35. The third kappa shape index (κ3) is 0.905. The topological polar surface area (TPSA) is 0 Å². The summed E-state index contributed by atoms with van der Waals surface area (Å²) in [5.41, 5.74) is 0.727. The average molecular weight is 202 g/mol. The quantitative estimate of drug-likeness (QED) is 0.520. The molecule has 3 fully saturated rings. The van der Waals surface area contributed by atoms with E-state index in [1.165, 1.54) is 19.3 Å². The molecular weight excluding hydrogens is 180 g/mol. The molecule has 4 aliphatic rings. The van der Waals surface area contributed by atoms with E-state index >= 15 is 0 Å². The molecular formula is C15H22. The summed E-state index contributed by atoms with van der Waals surface area (Å²) in [7, 11) is 0. The number of fused-ring (bicyclic) bond motifs is 7. The van der Waals surface area contributed by atoms with Crippen LogP contribution in [-0.2, 0) is 0 Å². The van der Waals surface area contributed by atoms with Crippen LogP contribution in [-0.4, -0.2) is 0 Å². The molecule has 0 aliphatic heterocycles. The molecule has 6 unspecified atom stereocenters. The van der Waals surface area contributed by atoms with E-state index in [1.807, 2.05) is 0 Å². The van der Waals surface area contributed by atoms with E-state index < -0.39 is 0 Å². The van der Waals surface area contributed by atoms with Crippen molar-refractivity contribution in [2.45, 2.75) is 45.4 Å². The van der Waals surface area contributed by atoms with Gasteiger partial charge in [0.15, 0.2) is 0 Å². The monoisotopic (exact) mass is 202 g/mol. The highest BCUT2D eigenvalue weighted by atomic mass is 14.7. The van der Waals surface area contributed by atoms with Crippen molar-refractivity contribution in [3.05, 3.63) is 12.2 Å². The van der Waals surface area contributed by atoms with E-state index in [0.717, 1.165) is 35.0 Å². The normalized spacial score (nSPS) is 60.7. The van der Waals surface area contributed by atoms with Crippen molar-refractivity contribution < 1.29 is 0 Å². The van der Waals surface area contributed by atoms with Crippen LogP contribution in [0.1, 0.15) is 45.4 Å². The first-order valence-electron chi connectivity index (χ1n) is 6.98. The minimum atomic E-state index is 0.727. The minimum absolute atomic E-state index is 0.727. The molecule has 0 aromatic heterocycles. The molecule has 0 heteroatoms. The molecule has 0 amide bonds. The summed E-state index contributed by atoms with van der Waals surface area (Å²) in [6.07, 6.45) is 14.3. The highest BCUT2D eigenvalue weighted by Gasteiger charge is 2.62. The van der Waals surface area contributed by atoms with Crippen LogP contribution < -0.4 is 0 Å². The van der Waals surface area contributed by atoms with Crippen LogP contribution in [0.25, 0.3) is 0 Å². The number of rotatable bonds is 0. The molecule has 3 saturated carbocycles. The lowest BCUT2D eigenvalue weighted by molar-refractivity contribution is 0.0948. The Morgan fingerprint density at radius 2 is 1.87 bits per heavy atom. The lowest BCUT2D eigenvalue weighted by Gasteiger charge is -2.41. The summed E-state index contributed by atoms with van der Waals surface area (Å²) in [6.45, 7) is 2.64. The SMILES string of the molecule is CC12C3C=CC(C3)C1CC1CCCCC12. The smallest absolute Gasteiger partial charge is 0.0168 e. The Morgan fingerprint density at radius 1 is 1.00 bits per heavy atom. The third-order valence-electron chi connectivity index (χ3n) is 6.50. The second kappa shape index (κ2) is 2.70. The maximum Gasteiger partial charge on any atom is -0.0168 e. The first kappa shape index (κ1) is 8.84. The Bertz CT molecular complexity index is 316. The van der Waals surface area contributed by atoms with Crippen LogP contribution in [0.4, 0.5) is 0 Å². The molecule has 4 aliphatic carbocycles. The predicted molar refractivity (Wildman–Crippen MR) is 62.4 cm³/mol. The van der Waals surface area contributed by atoms with Gasteiger partial charge in [0.2, 0.25) is 0 Å². The van der Waals surface area contributed by atoms with Gasteiger partial charge < -0.3 is 0 Å². The van der Waals surface area contributed by atoms with E-state index in [1.54, 1.807) is 19.3 Å². The van der Waals surface area contributed by atoms with Crippen molar-refractivity contribution >= 4 is 0 Å². The summed E-state index contributed by atoms with van der Waals surface area (Å²) in [5.74, 6) is 5.21. The van der Waals surface area contributed by atoms with Crippen molar-refractivity contribution in [3.63, 3.8) is 0 Å². The van der Waals surface area contributed by atoms with Gasteiger partial charge in [0.25, 0.3) is 0 Å². The average Bonchev–Trinajstić information content (AvgIpc) is 2.88. The van der Waals surface area contributed by atoms with Gasteiger partial charge in [-0.15, -0.1) is 0 Å². The van der Waals surface area contributed by atoms with Gasteiger partial charge in [0, 0.05) is 0 Å². The Labute approximate surface area is 93.1 Å². The number of allylic oxidation sites excluding steroid dienone is 2. The molecule has 0 radical (unpaired) electrons. The first-order chi connectivity index (χ1) is 7.30. The van der Waals surface area contributed by atoms with Crippen molar-refractivity contribution in [2.75, 3.05) is 0 Å². The van der Waals surface area contributed by atoms with Crippen LogP contribution >= 0.6 is 0 Å². The Morgan fingerprint density at radius 3 is 2.80 bits per heavy atom. The van der Waals surface area contributed by atoms with E-state index in [2.05, 4.69) is 19.1 Å². The standard InChI is InChI=1S/C15H22/c1-15-12-7-6-11(8-12)14(15)9-10-4-2-3-5-13(10)15/h6-7,10-14H,2-5,8-9H2,1H3. The highest BCUT2D eigenvalue weighted by Crippen LogP contribution is 2.69. The highest BCUT2D eigenvalue weighted by molar-refractivity contribution is 5.22. The van der Waals surface area contributed by atoms with E-state index in [0.29, 0.717) is 0 Å². The summed E-state index contributed by atoms with van der Waals surface area (Å²) >= 11 is 0. The Hall–Kier alpha value is -0.260. The summed E-state index contributed by atoms with van der Waals surface area (Å²) < 4.78 is 0. The van der Waals surface area contributed by atoms with Crippen molar-refractivity contribution in [1.82, 2.24) is 0 Å². The second-order valence-electron chi connectivity index (χ2n) is 6.75. The van der Waals surface area contributed by atoms with Crippen LogP contribution in [0.2, 0.25) is 0 Å². The molecule has 0 spiro atoms. The van der Waals surface area contributed by atoms with E-state index in [9.17, 15) is 0 Å². The van der Waals surface area contributed by atoms with Gasteiger partial charge in [-0.2, -0.15) is 0 Å². The molecule has 0 saturated heterocycles. The molecule has 4 rings (SSSR count). The molecule has 82 valence electrons. The van der Waals surface area contributed by atoms with Crippen molar-refractivity contribution in [2.24, 2.45) is 35.0 Å². The molecule has 0 N–H and O–H groups in total. The maximum absolute atomic E-state index is 2.64. The minimum Gasteiger partial charge on any atom is -0.0848 e. The van der Waals surface area contributed by atoms with Gasteiger partial charge in [-0.3, -0.25) is 0 Å². The molecule has 2 bridgehead atoms. The number of hydrogen-bond donors (Lipinski definition) is 0. The number of hydrogen-bond acceptors (Lipinski definition) is 0. The maximum atomic E-state index is 2.64. The zero-order valence-corrected chi connectivity index (χ0v) is 9.78. The van der Waals surface area contributed by atoms with E-state index in [-0.39, 0.29) is 0 Å². The molecule has 0 aromatic carbocycles. The molecule has 0 nitrogen and oxygen atoms in total. The van der Waals surface area contributed by atoms with Gasteiger partial charge in [0.1, 0.15) is 0 Å². The van der Waals surface area contributed by atoms with Gasteiger partial charge in [-0.25, -0.2) is 0 Å². The Kier molecular flexibility index (Phi) is 1.59. The zero-order valence-electron chi connectivity index (χ0n) is 9.78. The summed E-state index contributed by atoms with van der Waals surface area (Å²) in [6, 6.07) is 0. The molecule has 15 heavy (non-hydrogen) atoms. The zero-order chi connectivity index (χ0) is 10.0. The lowest BCUT2D eigenvalue weighted by atomic mass is 9.63. The first-order valence-corrected chi connectivity index (χ1v) is 6.98. The van der Waals surface area contributed by atoms with Gasteiger partial charge in [-0.1, -0.05) is 38.3 Å². The van der Waals surface area contributed by atoms with Gasteiger partial charge in [-0.05, 0) is 54.3 Å². The predicted octanol–water partition coefficient (Wildman–Crippen LogP) is 4.02. The fourth-order valence-electron chi connectivity index (χ4n) is 5.84. The van der Waals surface area contributed by atoms with Crippen LogP contribution in [0.5, 0.6) is 0 Å². The van der Waals surface area contributed by atoms with Gasteiger partial charge in [0.05, 0.1) is 0 Å². The van der Waals surface area contributed by atoms with E-state index in [4.69, 9.17) is 0 Å². The van der Waals surface area contributed by atoms with Crippen molar-refractivity contribution in [1.29, 1.82) is 0 Å². The van der Waals surface area contributed by atoms with Crippen LogP contribution in [0, 0.1) is 35.0 Å². The summed E-state index contributed by atoms with van der Waals surface area (Å²) in [4.78, 5) is 0. The van der Waals surface area contributed by atoms with Crippen LogP contribution in [0.3, 0.4) is 0 Å². The summed E-state index contributed by atoms with van der Waals surface area (Å²) in [5, 5.41) is 0. The molecule has 6 atom stereocenters. The Balaban J connectivity index is 1.76. The second-order valence-corrected chi connectivity index (χ2v) is 6.75. The fraction of sp³-hybridized carbons (Fsp3) is 0.867. The third-order valence-corrected chi connectivity index (χ3v) is 6.50. The largest absolute Gasteiger partial charge is 0.0848 e. The molecule has 0 heterocycles. The van der Waals surface area contributed by atoms with Gasteiger partial charge >= 0.3 is 0 Å². The fourth-order valence-corrected chi connectivity index (χ4v) is 5.84. The molecule has 0 aromatic rings.